The van der Waals surface area contributed by atoms with Crippen LogP contribution in [0.4, 0.5) is 17.6 Å². The molecule has 7 heteroatoms. The molecular formula is C11H7BrF4N2. The molecule has 0 atom stereocenters. The van der Waals surface area contributed by atoms with Gasteiger partial charge in [0.2, 0.25) is 0 Å². The number of hydrogen-bond donors (Lipinski definition) is 0. The van der Waals surface area contributed by atoms with E-state index >= 15 is 0 Å². The van der Waals surface area contributed by atoms with Gasteiger partial charge in [0, 0.05) is 10.7 Å². The van der Waals surface area contributed by atoms with E-state index < -0.39 is 17.6 Å². The van der Waals surface area contributed by atoms with Crippen molar-refractivity contribution in [2.24, 2.45) is 0 Å². The molecule has 0 aliphatic carbocycles. The first-order chi connectivity index (χ1) is 8.36. The van der Waals surface area contributed by atoms with Gasteiger partial charge < -0.3 is 0 Å². The zero-order valence-corrected chi connectivity index (χ0v) is 10.5. The second kappa shape index (κ2) is 4.72. The van der Waals surface area contributed by atoms with E-state index in [1.54, 1.807) is 0 Å². The molecule has 0 N–H and O–H groups in total. The molecule has 0 unspecified atom stereocenters. The summed E-state index contributed by atoms with van der Waals surface area (Å²) in [7, 11) is 0. The summed E-state index contributed by atoms with van der Waals surface area (Å²) in [5, 5.41) is 3.62. The van der Waals surface area contributed by atoms with Gasteiger partial charge >= 0.3 is 6.18 Å². The third-order valence-corrected chi connectivity index (χ3v) is 3.05. The van der Waals surface area contributed by atoms with Gasteiger partial charge in [-0.25, -0.2) is 4.39 Å². The van der Waals surface area contributed by atoms with Crippen molar-refractivity contribution in [2.75, 3.05) is 0 Å². The molecule has 0 saturated heterocycles. The van der Waals surface area contributed by atoms with Gasteiger partial charge in [0.05, 0.1) is 18.3 Å². The van der Waals surface area contributed by atoms with Crippen LogP contribution in [0, 0.1) is 5.82 Å². The minimum absolute atomic E-state index is 0.136. The number of benzene rings is 1. The van der Waals surface area contributed by atoms with Crippen LogP contribution in [0.3, 0.4) is 0 Å². The summed E-state index contributed by atoms with van der Waals surface area (Å²) in [5.74, 6) is -0.415. The van der Waals surface area contributed by atoms with Crippen LogP contribution in [0.5, 0.6) is 0 Å². The largest absolute Gasteiger partial charge is 0.419 e. The molecule has 96 valence electrons. The molecule has 2 aromatic rings. The molecule has 0 amide bonds. The molecule has 18 heavy (non-hydrogen) atoms. The molecule has 2 rings (SSSR count). The van der Waals surface area contributed by atoms with Crippen molar-refractivity contribution in [1.29, 1.82) is 0 Å². The first kappa shape index (κ1) is 13.1. The summed E-state index contributed by atoms with van der Waals surface area (Å²) in [6, 6.07) is 3.99. The lowest BCUT2D eigenvalue weighted by Gasteiger charge is -2.05. The summed E-state index contributed by atoms with van der Waals surface area (Å²) in [6.07, 6.45) is -2.73. The number of rotatable bonds is 2. The lowest BCUT2D eigenvalue weighted by molar-refractivity contribution is -0.137. The van der Waals surface area contributed by atoms with Gasteiger partial charge in [-0.15, -0.1) is 0 Å². The van der Waals surface area contributed by atoms with Crippen LogP contribution >= 0.6 is 15.9 Å². The van der Waals surface area contributed by atoms with Gasteiger partial charge in [0.15, 0.2) is 0 Å². The predicted molar refractivity (Wildman–Crippen MR) is 60.4 cm³/mol. The van der Waals surface area contributed by atoms with Crippen molar-refractivity contribution < 1.29 is 17.6 Å². The summed E-state index contributed by atoms with van der Waals surface area (Å²) < 4.78 is 51.6. The van der Waals surface area contributed by atoms with Crippen molar-refractivity contribution >= 4 is 15.9 Å². The van der Waals surface area contributed by atoms with Gasteiger partial charge in [-0.2, -0.15) is 18.3 Å². The molecule has 2 nitrogen and oxygen atoms in total. The lowest BCUT2D eigenvalue weighted by atomic mass is 10.2. The third-order valence-electron chi connectivity index (χ3n) is 2.31. The number of nitrogens with zero attached hydrogens (tertiary/aromatic N) is 2. The Morgan fingerprint density at radius 2 is 2.00 bits per heavy atom. The van der Waals surface area contributed by atoms with Crippen molar-refractivity contribution in [3.8, 4) is 0 Å². The Hall–Kier alpha value is -1.37. The van der Waals surface area contributed by atoms with E-state index in [2.05, 4.69) is 21.0 Å². The normalized spacial score (nSPS) is 11.8. The molecule has 0 fully saturated rings. The molecule has 0 radical (unpaired) electrons. The average Bonchev–Trinajstić information content (AvgIpc) is 2.70. The topological polar surface area (TPSA) is 17.8 Å². The van der Waals surface area contributed by atoms with Crippen molar-refractivity contribution in [2.45, 2.75) is 12.7 Å². The van der Waals surface area contributed by atoms with Crippen LogP contribution in [0.1, 0.15) is 11.1 Å². The van der Waals surface area contributed by atoms with Gasteiger partial charge in [-0.1, -0.05) is 22.0 Å². The van der Waals surface area contributed by atoms with Crippen LogP contribution in [0.2, 0.25) is 0 Å². The van der Waals surface area contributed by atoms with E-state index in [9.17, 15) is 17.6 Å². The molecule has 1 aromatic carbocycles. The molecule has 1 heterocycles. The zero-order valence-electron chi connectivity index (χ0n) is 8.88. The molecule has 0 saturated carbocycles. The molecule has 0 aliphatic heterocycles. The molecule has 0 aliphatic rings. The van der Waals surface area contributed by atoms with E-state index in [0.717, 1.165) is 17.1 Å². The third kappa shape index (κ3) is 2.90. The van der Waals surface area contributed by atoms with Crippen molar-refractivity contribution in [3.63, 3.8) is 0 Å². The van der Waals surface area contributed by atoms with Gasteiger partial charge in [0.25, 0.3) is 0 Å². The number of alkyl halides is 3. The van der Waals surface area contributed by atoms with Crippen LogP contribution in [-0.2, 0) is 12.7 Å². The first-order valence-corrected chi connectivity index (χ1v) is 5.69. The smallest absolute Gasteiger partial charge is 0.268 e. The SMILES string of the molecule is Fc1ccc(Cn2cc(C(F)(F)F)cn2)c(Br)c1. The monoisotopic (exact) mass is 322 g/mol. The first-order valence-electron chi connectivity index (χ1n) is 4.90. The maximum atomic E-state index is 12.8. The summed E-state index contributed by atoms with van der Waals surface area (Å²) >= 11 is 3.15. The average molecular weight is 323 g/mol. The van der Waals surface area contributed by atoms with Crippen LogP contribution in [0.15, 0.2) is 35.1 Å². The Morgan fingerprint density at radius 1 is 1.28 bits per heavy atom. The maximum Gasteiger partial charge on any atom is 0.419 e. The standard InChI is InChI=1S/C11H7BrF4N2/c12-10-3-9(13)2-1-7(10)5-18-6-8(4-17-18)11(14,15)16/h1-4,6H,5H2. The van der Waals surface area contributed by atoms with Gasteiger partial charge in [0.1, 0.15) is 5.82 Å². The second-order valence-corrected chi connectivity index (χ2v) is 4.51. The van der Waals surface area contributed by atoms with E-state index in [1.807, 2.05) is 0 Å². The highest BCUT2D eigenvalue weighted by atomic mass is 79.9. The number of hydrogen-bond acceptors (Lipinski definition) is 1. The summed E-state index contributed by atoms with van der Waals surface area (Å²) in [5.41, 5.74) is -0.158. The molecule has 0 spiro atoms. The second-order valence-electron chi connectivity index (χ2n) is 3.66. The Bertz CT molecular complexity index is 562. The highest BCUT2D eigenvalue weighted by Crippen LogP contribution is 2.28. The Kier molecular flexibility index (Phi) is 3.43. The van der Waals surface area contributed by atoms with Gasteiger partial charge in [-0.3, -0.25) is 4.68 Å². The highest BCUT2D eigenvalue weighted by molar-refractivity contribution is 9.10. The highest BCUT2D eigenvalue weighted by Gasteiger charge is 2.32. The van der Waals surface area contributed by atoms with Gasteiger partial charge in [-0.05, 0) is 17.7 Å². The van der Waals surface area contributed by atoms with Crippen LogP contribution in [-0.4, -0.2) is 9.78 Å². The van der Waals surface area contributed by atoms with E-state index in [0.29, 0.717) is 10.0 Å². The quantitative estimate of drug-likeness (QED) is 0.768. The maximum absolute atomic E-state index is 12.8. The minimum atomic E-state index is -4.40. The summed E-state index contributed by atoms with van der Waals surface area (Å²) in [4.78, 5) is 0. The number of aromatic nitrogens is 2. The predicted octanol–water partition coefficient (Wildman–Crippen LogP) is 3.85. The fourth-order valence-corrected chi connectivity index (χ4v) is 1.90. The van der Waals surface area contributed by atoms with Crippen LogP contribution in [0.25, 0.3) is 0 Å². The Morgan fingerprint density at radius 3 is 2.56 bits per heavy atom. The fraction of sp³-hybridized carbons (Fsp3) is 0.182. The van der Waals surface area contributed by atoms with E-state index in [4.69, 9.17) is 0 Å². The lowest BCUT2D eigenvalue weighted by Crippen LogP contribution is -2.04. The fourth-order valence-electron chi connectivity index (χ4n) is 1.42. The minimum Gasteiger partial charge on any atom is -0.268 e. The Labute approximate surface area is 108 Å². The van der Waals surface area contributed by atoms with Crippen molar-refractivity contribution in [1.82, 2.24) is 9.78 Å². The van der Waals surface area contributed by atoms with Crippen molar-refractivity contribution in [3.05, 3.63) is 52.0 Å². The number of halogens is 5. The molecular weight excluding hydrogens is 316 g/mol. The van der Waals surface area contributed by atoms with E-state index in [1.165, 1.54) is 18.2 Å². The molecule has 0 bridgehead atoms. The summed E-state index contributed by atoms with van der Waals surface area (Å²) in [6.45, 7) is 0.136. The molecule has 1 aromatic heterocycles. The zero-order chi connectivity index (χ0) is 13.3. The van der Waals surface area contributed by atoms with Crippen LogP contribution < -0.4 is 0 Å². The Balaban J connectivity index is 2.21. The van der Waals surface area contributed by atoms with E-state index in [-0.39, 0.29) is 6.54 Å².